The molecule has 0 bridgehead atoms. The molecule has 0 atom stereocenters. The number of benzene rings is 2. The molecule has 0 saturated heterocycles. The molecule has 2 aromatic carbocycles. The molecule has 0 aliphatic rings. The van der Waals surface area contributed by atoms with Crippen LogP contribution in [0.1, 0.15) is 10.4 Å². The molecule has 0 fully saturated rings. The molecule has 0 unspecified atom stereocenters. The Morgan fingerprint density at radius 2 is 1.81 bits per heavy atom. The maximum Gasteiger partial charge on any atom is 0.341 e. The maximum absolute atomic E-state index is 13.8. The first-order chi connectivity index (χ1) is 12.2. The molecule has 10 heteroatoms. The van der Waals surface area contributed by atoms with Crippen molar-refractivity contribution in [1.82, 2.24) is 4.72 Å². The predicted molar refractivity (Wildman–Crippen MR) is 101 cm³/mol. The third-order valence-corrected chi connectivity index (χ3v) is 5.33. The van der Waals surface area contributed by atoms with Crippen LogP contribution in [0.4, 0.5) is 10.1 Å². The van der Waals surface area contributed by atoms with Gasteiger partial charge in [0.1, 0.15) is 5.82 Å². The largest absolute Gasteiger partial charge is 0.452 e. The number of amides is 1. The summed E-state index contributed by atoms with van der Waals surface area (Å²) in [5.41, 5.74) is -0.0665. The summed E-state index contributed by atoms with van der Waals surface area (Å²) in [4.78, 5) is 23.5. The van der Waals surface area contributed by atoms with Crippen LogP contribution >= 0.6 is 22.6 Å². The number of hydrogen-bond acceptors (Lipinski definition) is 5. The molecule has 2 aromatic rings. The van der Waals surface area contributed by atoms with Gasteiger partial charge in [-0.1, -0.05) is 0 Å². The number of hydrogen-bond donors (Lipinski definition) is 2. The van der Waals surface area contributed by atoms with Crippen LogP contribution in [0, 0.1) is 9.39 Å². The van der Waals surface area contributed by atoms with E-state index in [4.69, 9.17) is 4.74 Å². The minimum Gasteiger partial charge on any atom is -0.452 e. The average Bonchev–Trinajstić information content (AvgIpc) is 2.62. The molecular weight excluding hydrogens is 478 g/mol. The summed E-state index contributed by atoms with van der Waals surface area (Å²) >= 11 is 2.11. The zero-order valence-electron chi connectivity index (χ0n) is 13.5. The summed E-state index contributed by atoms with van der Waals surface area (Å²) in [6.45, 7) is -0.646. The van der Waals surface area contributed by atoms with Crippen molar-refractivity contribution in [3.63, 3.8) is 0 Å². The molecule has 0 radical (unpaired) electrons. The molecule has 0 saturated carbocycles. The standard InChI is InChI=1S/C16H14FIN2O5S/c1-19-26(23,24)12-6-7-14(17)13(8-12)16(22)25-9-15(21)20-11-4-2-10(18)3-5-11/h2-8,19H,9H2,1H3,(H,20,21). The van der Waals surface area contributed by atoms with Gasteiger partial charge in [0.05, 0.1) is 10.5 Å². The van der Waals surface area contributed by atoms with Gasteiger partial charge in [-0.05, 0) is 72.1 Å². The Balaban J connectivity index is 2.04. The fraction of sp³-hybridized carbons (Fsp3) is 0.125. The van der Waals surface area contributed by atoms with Gasteiger partial charge >= 0.3 is 5.97 Å². The average molecular weight is 492 g/mol. The number of nitrogens with one attached hydrogen (secondary N) is 2. The number of anilines is 1. The summed E-state index contributed by atoms with van der Waals surface area (Å²) in [5, 5.41) is 2.52. The van der Waals surface area contributed by atoms with Crippen molar-refractivity contribution >= 4 is 50.2 Å². The van der Waals surface area contributed by atoms with Gasteiger partial charge in [-0.3, -0.25) is 4.79 Å². The normalized spacial score (nSPS) is 11.0. The van der Waals surface area contributed by atoms with Gasteiger partial charge in [0.25, 0.3) is 5.91 Å². The molecular formula is C16H14FIN2O5S. The van der Waals surface area contributed by atoms with E-state index in [1.165, 1.54) is 7.05 Å². The van der Waals surface area contributed by atoms with E-state index in [1.807, 2.05) is 0 Å². The molecule has 2 rings (SSSR count). The summed E-state index contributed by atoms with van der Waals surface area (Å²) in [7, 11) is -2.66. The highest BCUT2D eigenvalue weighted by atomic mass is 127. The van der Waals surface area contributed by atoms with E-state index in [9.17, 15) is 22.4 Å². The van der Waals surface area contributed by atoms with E-state index in [0.29, 0.717) is 5.69 Å². The molecule has 0 aliphatic carbocycles. The summed E-state index contributed by atoms with van der Waals surface area (Å²) < 4.78 is 45.1. The Morgan fingerprint density at radius 3 is 2.42 bits per heavy atom. The van der Waals surface area contributed by atoms with Crippen LogP contribution in [0.3, 0.4) is 0 Å². The molecule has 138 valence electrons. The highest BCUT2D eigenvalue weighted by molar-refractivity contribution is 14.1. The van der Waals surface area contributed by atoms with Crippen LogP contribution in [0.5, 0.6) is 0 Å². The fourth-order valence-corrected chi connectivity index (χ4v) is 3.00. The minimum absolute atomic E-state index is 0.295. The molecule has 0 spiro atoms. The number of rotatable bonds is 6. The van der Waals surface area contributed by atoms with Crippen LogP contribution in [0.15, 0.2) is 47.4 Å². The second-order valence-corrected chi connectivity index (χ2v) is 8.11. The number of halogens is 2. The Bertz CT molecular complexity index is 932. The smallest absolute Gasteiger partial charge is 0.341 e. The van der Waals surface area contributed by atoms with Gasteiger partial charge in [-0.2, -0.15) is 0 Å². The van der Waals surface area contributed by atoms with Crippen molar-refractivity contribution in [2.45, 2.75) is 4.90 Å². The van der Waals surface area contributed by atoms with Gasteiger partial charge < -0.3 is 10.1 Å². The summed E-state index contributed by atoms with van der Waals surface area (Å²) in [6.07, 6.45) is 0. The molecule has 0 aromatic heterocycles. The van der Waals surface area contributed by atoms with Gasteiger partial charge in [0, 0.05) is 9.26 Å². The molecule has 2 N–H and O–H groups in total. The second-order valence-electron chi connectivity index (χ2n) is 4.98. The zero-order valence-corrected chi connectivity index (χ0v) is 16.4. The lowest BCUT2D eigenvalue weighted by molar-refractivity contribution is -0.119. The lowest BCUT2D eigenvalue weighted by Crippen LogP contribution is -2.22. The molecule has 0 aliphatic heterocycles. The monoisotopic (exact) mass is 492 g/mol. The second kappa shape index (κ2) is 8.56. The van der Waals surface area contributed by atoms with E-state index in [1.54, 1.807) is 24.3 Å². The zero-order chi connectivity index (χ0) is 19.3. The predicted octanol–water partition coefficient (Wildman–Crippen LogP) is 2.13. The van der Waals surface area contributed by atoms with Gasteiger partial charge in [-0.25, -0.2) is 22.3 Å². The van der Waals surface area contributed by atoms with Crippen molar-refractivity contribution in [2.75, 3.05) is 19.0 Å². The Kier molecular flexibility index (Phi) is 6.67. The van der Waals surface area contributed by atoms with Crippen LogP contribution < -0.4 is 10.0 Å². The topological polar surface area (TPSA) is 102 Å². The van der Waals surface area contributed by atoms with Crippen molar-refractivity contribution in [3.8, 4) is 0 Å². The SMILES string of the molecule is CNS(=O)(=O)c1ccc(F)c(C(=O)OCC(=O)Nc2ccc(I)cc2)c1. The lowest BCUT2D eigenvalue weighted by atomic mass is 10.2. The molecule has 26 heavy (non-hydrogen) atoms. The number of sulfonamides is 1. The number of carbonyl (C=O) groups is 2. The van der Waals surface area contributed by atoms with Gasteiger partial charge in [0.2, 0.25) is 10.0 Å². The van der Waals surface area contributed by atoms with E-state index in [0.717, 1.165) is 21.8 Å². The van der Waals surface area contributed by atoms with E-state index in [2.05, 4.69) is 32.6 Å². The Labute approximate surface area is 163 Å². The Morgan fingerprint density at radius 1 is 1.15 bits per heavy atom. The van der Waals surface area contributed by atoms with Crippen molar-refractivity contribution in [1.29, 1.82) is 0 Å². The summed E-state index contributed by atoms with van der Waals surface area (Å²) in [5.74, 6) is -2.71. The molecule has 0 heterocycles. The van der Waals surface area contributed by atoms with E-state index >= 15 is 0 Å². The van der Waals surface area contributed by atoms with Crippen molar-refractivity contribution in [2.24, 2.45) is 0 Å². The number of esters is 1. The number of ether oxygens (including phenoxy) is 1. The first-order valence-electron chi connectivity index (χ1n) is 7.18. The molecule has 1 amide bonds. The van der Waals surface area contributed by atoms with Crippen LogP contribution in [0.2, 0.25) is 0 Å². The highest BCUT2D eigenvalue weighted by Crippen LogP contribution is 2.16. The van der Waals surface area contributed by atoms with Crippen LogP contribution in [-0.4, -0.2) is 33.9 Å². The molecule has 7 nitrogen and oxygen atoms in total. The fourth-order valence-electron chi connectivity index (χ4n) is 1.88. The summed E-state index contributed by atoms with van der Waals surface area (Å²) in [6, 6.07) is 9.62. The first-order valence-corrected chi connectivity index (χ1v) is 9.75. The Hall–Kier alpha value is -2.05. The van der Waals surface area contributed by atoms with E-state index < -0.39 is 39.9 Å². The van der Waals surface area contributed by atoms with Gasteiger partial charge in [-0.15, -0.1) is 0 Å². The van der Waals surface area contributed by atoms with Crippen molar-refractivity contribution < 1.29 is 27.1 Å². The minimum atomic E-state index is -3.85. The lowest BCUT2D eigenvalue weighted by Gasteiger charge is -2.09. The van der Waals surface area contributed by atoms with Crippen molar-refractivity contribution in [3.05, 3.63) is 57.4 Å². The van der Waals surface area contributed by atoms with Crippen LogP contribution in [-0.2, 0) is 19.6 Å². The third kappa shape index (κ3) is 5.22. The maximum atomic E-state index is 13.8. The first kappa shape index (κ1) is 20.3. The highest BCUT2D eigenvalue weighted by Gasteiger charge is 2.20. The third-order valence-electron chi connectivity index (χ3n) is 3.20. The van der Waals surface area contributed by atoms with E-state index in [-0.39, 0.29) is 4.90 Å². The number of carbonyl (C=O) groups excluding carboxylic acids is 2. The van der Waals surface area contributed by atoms with Crippen LogP contribution in [0.25, 0.3) is 0 Å². The van der Waals surface area contributed by atoms with Gasteiger partial charge in [0.15, 0.2) is 6.61 Å². The quantitative estimate of drug-likeness (QED) is 0.476.